The van der Waals surface area contributed by atoms with Crippen molar-refractivity contribution in [3.8, 4) is 0 Å². The van der Waals surface area contributed by atoms with Crippen molar-refractivity contribution in [3.05, 3.63) is 59.4 Å². The number of methoxy groups -OCH3 is 1. The van der Waals surface area contributed by atoms with Crippen molar-refractivity contribution in [2.75, 3.05) is 20.3 Å². The van der Waals surface area contributed by atoms with Crippen LogP contribution in [0.3, 0.4) is 0 Å². The van der Waals surface area contributed by atoms with Crippen molar-refractivity contribution in [3.63, 3.8) is 0 Å². The van der Waals surface area contributed by atoms with Gasteiger partial charge < -0.3 is 15.0 Å². The first-order valence-electron chi connectivity index (χ1n) is 9.60. The third kappa shape index (κ3) is 3.71. The lowest BCUT2D eigenvalue weighted by atomic mass is 10.0. The molecule has 0 aliphatic carbocycles. The maximum absolute atomic E-state index is 12.8. The Labute approximate surface area is 164 Å². The highest BCUT2D eigenvalue weighted by Gasteiger charge is 2.26. The summed E-state index contributed by atoms with van der Waals surface area (Å²) in [4.78, 5) is 14.6. The van der Waals surface area contributed by atoms with Crippen LogP contribution in [-0.4, -0.2) is 46.2 Å². The molecule has 1 aromatic heterocycles. The van der Waals surface area contributed by atoms with Crippen LogP contribution in [0, 0.1) is 0 Å². The molecule has 2 amide bonds. The SMILES string of the molecule is COCCn1nnc2c1CCN(C(=O)NC(C)c1ccc3ccccc3c1)C2. The Hall–Kier alpha value is -2.93. The van der Waals surface area contributed by atoms with Crippen LogP contribution >= 0.6 is 0 Å². The molecular weight excluding hydrogens is 354 g/mol. The molecule has 0 fully saturated rings. The standard InChI is InChI=1S/C21H25N5O2/c1-15(17-8-7-16-5-3-4-6-18(16)13-17)22-21(27)25-10-9-20-19(14-25)23-24-26(20)11-12-28-2/h3-8,13,15H,9-12,14H2,1-2H3,(H,22,27). The number of ether oxygens (including phenoxy) is 1. The van der Waals surface area contributed by atoms with Crippen LogP contribution in [0.2, 0.25) is 0 Å². The molecule has 4 rings (SSSR count). The van der Waals surface area contributed by atoms with Gasteiger partial charge in [0, 0.05) is 20.1 Å². The minimum atomic E-state index is -0.0733. The Morgan fingerprint density at radius 3 is 2.89 bits per heavy atom. The zero-order valence-corrected chi connectivity index (χ0v) is 16.3. The number of urea groups is 1. The fraction of sp³-hybridized carbons (Fsp3) is 0.381. The molecule has 2 aromatic carbocycles. The normalized spacial score (nSPS) is 14.7. The van der Waals surface area contributed by atoms with Gasteiger partial charge in [0.25, 0.3) is 0 Å². The van der Waals surface area contributed by atoms with E-state index in [4.69, 9.17) is 4.74 Å². The number of rotatable bonds is 5. The van der Waals surface area contributed by atoms with Gasteiger partial charge >= 0.3 is 6.03 Å². The predicted molar refractivity (Wildman–Crippen MR) is 107 cm³/mol. The lowest BCUT2D eigenvalue weighted by Crippen LogP contribution is -2.43. The average molecular weight is 379 g/mol. The molecule has 7 nitrogen and oxygen atoms in total. The summed E-state index contributed by atoms with van der Waals surface area (Å²) in [6.45, 7) is 4.44. The van der Waals surface area contributed by atoms with Crippen LogP contribution in [0.15, 0.2) is 42.5 Å². The molecule has 3 aromatic rings. The average Bonchev–Trinajstić information content (AvgIpc) is 3.14. The number of aromatic nitrogens is 3. The molecule has 146 valence electrons. The van der Waals surface area contributed by atoms with Crippen molar-refractivity contribution in [1.82, 2.24) is 25.2 Å². The highest BCUT2D eigenvalue weighted by Crippen LogP contribution is 2.21. The summed E-state index contributed by atoms with van der Waals surface area (Å²) in [5.41, 5.74) is 3.06. The van der Waals surface area contributed by atoms with E-state index >= 15 is 0 Å². The number of carbonyl (C=O) groups excluding carboxylic acids is 1. The summed E-state index contributed by atoms with van der Waals surface area (Å²) < 4.78 is 7.00. The Kier molecular flexibility index (Phi) is 5.25. The van der Waals surface area contributed by atoms with E-state index < -0.39 is 0 Å². The lowest BCUT2D eigenvalue weighted by molar-refractivity contribution is 0.178. The predicted octanol–water partition coefficient (Wildman–Crippen LogP) is 2.91. The van der Waals surface area contributed by atoms with Gasteiger partial charge in [-0.25, -0.2) is 9.48 Å². The summed E-state index contributed by atoms with van der Waals surface area (Å²) in [6.07, 6.45) is 0.754. The zero-order chi connectivity index (χ0) is 19.5. The van der Waals surface area contributed by atoms with E-state index in [1.54, 1.807) is 12.0 Å². The molecule has 1 unspecified atom stereocenters. The molecule has 1 aliphatic rings. The van der Waals surface area contributed by atoms with Crippen LogP contribution in [0.5, 0.6) is 0 Å². The van der Waals surface area contributed by atoms with Crippen molar-refractivity contribution in [1.29, 1.82) is 0 Å². The Morgan fingerprint density at radius 1 is 1.25 bits per heavy atom. The highest BCUT2D eigenvalue weighted by atomic mass is 16.5. The zero-order valence-electron chi connectivity index (χ0n) is 16.3. The Bertz CT molecular complexity index is 984. The van der Waals surface area contributed by atoms with E-state index in [-0.39, 0.29) is 12.1 Å². The largest absolute Gasteiger partial charge is 0.383 e. The molecule has 28 heavy (non-hydrogen) atoms. The Morgan fingerprint density at radius 2 is 2.07 bits per heavy atom. The maximum Gasteiger partial charge on any atom is 0.318 e. The van der Waals surface area contributed by atoms with Gasteiger partial charge in [0.05, 0.1) is 31.4 Å². The van der Waals surface area contributed by atoms with E-state index in [1.165, 1.54) is 10.8 Å². The van der Waals surface area contributed by atoms with E-state index in [0.717, 1.165) is 23.4 Å². The summed E-state index contributed by atoms with van der Waals surface area (Å²) in [7, 11) is 1.67. The van der Waals surface area contributed by atoms with E-state index in [1.807, 2.05) is 23.7 Å². The number of hydrogen-bond acceptors (Lipinski definition) is 4. The molecule has 1 N–H and O–H groups in total. The van der Waals surface area contributed by atoms with Gasteiger partial charge in [-0.15, -0.1) is 5.10 Å². The third-order valence-electron chi connectivity index (χ3n) is 5.29. The van der Waals surface area contributed by atoms with Crippen LogP contribution in [-0.2, 0) is 24.2 Å². The quantitative estimate of drug-likeness (QED) is 0.740. The number of nitrogens with zero attached hydrogens (tertiary/aromatic N) is 4. The van der Waals surface area contributed by atoms with Crippen LogP contribution in [0.4, 0.5) is 4.79 Å². The first-order chi connectivity index (χ1) is 13.7. The topological polar surface area (TPSA) is 72.3 Å². The fourth-order valence-electron chi connectivity index (χ4n) is 3.63. The van der Waals surface area contributed by atoms with Crippen molar-refractivity contribution in [2.24, 2.45) is 0 Å². The molecule has 0 saturated heterocycles. The molecule has 1 atom stereocenters. The molecule has 0 radical (unpaired) electrons. The molecular formula is C21H25N5O2. The van der Waals surface area contributed by atoms with Gasteiger partial charge in [0.1, 0.15) is 5.69 Å². The molecule has 7 heteroatoms. The van der Waals surface area contributed by atoms with Gasteiger partial charge in [-0.3, -0.25) is 0 Å². The van der Waals surface area contributed by atoms with Gasteiger partial charge in [-0.1, -0.05) is 41.6 Å². The number of carbonyl (C=O) groups is 1. The molecule has 0 saturated carbocycles. The highest BCUT2D eigenvalue weighted by molar-refractivity contribution is 5.83. The number of nitrogens with one attached hydrogen (secondary N) is 1. The number of fused-ring (bicyclic) bond motifs is 2. The molecule has 0 spiro atoms. The third-order valence-corrected chi connectivity index (χ3v) is 5.29. The summed E-state index contributed by atoms with van der Waals surface area (Å²) in [5.74, 6) is 0. The lowest BCUT2D eigenvalue weighted by Gasteiger charge is -2.28. The molecule has 2 heterocycles. The first kappa shape index (κ1) is 18.4. The van der Waals surface area contributed by atoms with Crippen molar-refractivity contribution < 1.29 is 9.53 Å². The van der Waals surface area contributed by atoms with Gasteiger partial charge in [0.15, 0.2) is 0 Å². The molecule has 0 bridgehead atoms. The number of benzene rings is 2. The number of amides is 2. The van der Waals surface area contributed by atoms with Crippen molar-refractivity contribution >= 4 is 16.8 Å². The Balaban J connectivity index is 1.41. The summed E-state index contributed by atoms with van der Waals surface area (Å²) >= 11 is 0. The molecule has 1 aliphatic heterocycles. The fourth-order valence-corrected chi connectivity index (χ4v) is 3.63. The summed E-state index contributed by atoms with van der Waals surface area (Å²) in [6, 6.07) is 14.4. The van der Waals surface area contributed by atoms with Crippen LogP contribution in [0.1, 0.15) is 29.9 Å². The summed E-state index contributed by atoms with van der Waals surface area (Å²) in [5, 5.41) is 13.9. The van der Waals surface area contributed by atoms with Crippen LogP contribution in [0.25, 0.3) is 10.8 Å². The second-order valence-electron chi connectivity index (χ2n) is 7.15. The maximum atomic E-state index is 12.8. The van der Waals surface area contributed by atoms with Crippen molar-refractivity contribution in [2.45, 2.75) is 32.5 Å². The second kappa shape index (κ2) is 7.98. The van der Waals surface area contributed by atoms with Crippen LogP contribution < -0.4 is 5.32 Å². The van der Waals surface area contributed by atoms with Gasteiger partial charge in [-0.05, 0) is 29.3 Å². The van der Waals surface area contributed by atoms with Gasteiger partial charge in [0.2, 0.25) is 0 Å². The number of hydrogen-bond donors (Lipinski definition) is 1. The second-order valence-corrected chi connectivity index (χ2v) is 7.15. The minimum Gasteiger partial charge on any atom is -0.383 e. The smallest absolute Gasteiger partial charge is 0.318 e. The van der Waals surface area contributed by atoms with E-state index in [2.05, 4.69) is 46.0 Å². The van der Waals surface area contributed by atoms with Gasteiger partial charge in [-0.2, -0.15) is 0 Å². The van der Waals surface area contributed by atoms with E-state index in [9.17, 15) is 4.79 Å². The monoisotopic (exact) mass is 379 g/mol. The van der Waals surface area contributed by atoms with E-state index in [0.29, 0.717) is 26.2 Å². The minimum absolute atomic E-state index is 0.0715. The first-order valence-corrected chi connectivity index (χ1v) is 9.60.